The van der Waals surface area contributed by atoms with Gasteiger partial charge in [-0.2, -0.15) is 0 Å². The molecule has 1 nitrogen and oxygen atoms in total. The molecule has 0 aromatic heterocycles. The average molecular weight is 349 g/mol. The van der Waals surface area contributed by atoms with Crippen molar-refractivity contribution in [3.63, 3.8) is 0 Å². The fourth-order valence-corrected chi connectivity index (χ4v) is 5.82. The van der Waals surface area contributed by atoms with Crippen LogP contribution in [0.15, 0.2) is 0 Å². The van der Waals surface area contributed by atoms with Gasteiger partial charge in [-0.25, -0.2) is 0 Å². The maximum Gasteiger partial charge on any atom is 0.123 e. The Hall–Kier alpha value is -0.330. The number of aldehydes is 1. The van der Waals surface area contributed by atoms with Crippen molar-refractivity contribution in [1.29, 1.82) is 0 Å². The first-order valence-corrected chi connectivity index (χ1v) is 11.6. The summed E-state index contributed by atoms with van der Waals surface area (Å²) in [7, 11) is 0. The topological polar surface area (TPSA) is 17.1 Å². The number of hydrogen-bond acceptors (Lipinski definition) is 1. The van der Waals surface area contributed by atoms with Crippen molar-refractivity contribution < 1.29 is 4.79 Å². The molecular weight excluding hydrogens is 304 g/mol. The summed E-state index contributed by atoms with van der Waals surface area (Å²) >= 11 is 0. The van der Waals surface area contributed by atoms with Crippen LogP contribution in [0, 0.1) is 29.6 Å². The van der Waals surface area contributed by atoms with Crippen LogP contribution in [0.25, 0.3) is 0 Å². The van der Waals surface area contributed by atoms with Crippen molar-refractivity contribution in [2.24, 2.45) is 29.6 Å². The SMILES string of the molecule is CC1CC(C)CC(CCCCCCCCCC2CCCC(C=O)C2)C1. The van der Waals surface area contributed by atoms with Gasteiger partial charge in [0.25, 0.3) is 0 Å². The van der Waals surface area contributed by atoms with Crippen LogP contribution in [0.3, 0.4) is 0 Å². The lowest BCUT2D eigenvalue weighted by Crippen LogP contribution is -2.19. The number of unbranched alkanes of at least 4 members (excludes halogenated alkanes) is 6. The van der Waals surface area contributed by atoms with Crippen LogP contribution in [-0.2, 0) is 4.79 Å². The molecule has 0 amide bonds. The zero-order valence-electron chi connectivity index (χ0n) is 17.2. The summed E-state index contributed by atoms with van der Waals surface area (Å²) in [6.45, 7) is 4.91. The molecule has 4 atom stereocenters. The maximum absolute atomic E-state index is 10.9. The molecule has 0 aliphatic heterocycles. The van der Waals surface area contributed by atoms with Crippen molar-refractivity contribution in [3.05, 3.63) is 0 Å². The Balaban J connectivity index is 1.38. The lowest BCUT2D eigenvalue weighted by molar-refractivity contribution is -0.112. The predicted molar refractivity (Wildman–Crippen MR) is 109 cm³/mol. The summed E-state index contributed by atoms with van der Waals surface area (Å²) in [6, 6.07) is 0. The number of rotatable bonds is 11. The summed E-state index contributed by atoms with van der Waals surface area (Å²) in [5.41, 5.74) is 0. The third-order valence-electron chi connectivity index (χ3n) is 7.02. The van der Waals surface area contributed by atoms with Crippen molar-refractivity contribution in [1.82, 2.24) is 0 Å². The first-order chi connectivity index (χ1) is 12.2. The highest BCUT2D eigenvalue weighted by atomic mass is 16.1. The Bertz CT molecular complexity index is 340. The molecular formula is C24H44O. The van der Waals surface area contributed by atoms with E-state index in [1.165, 1.54) is 103 Å². The average Bonchev–Trinajstić information content (AvgIpc) is 2.59. The van der Waals surface area contributed by atoms with Gasteiger partial charge in [0.05, 0.1) is 0 Å². The Labute approximate surface area is 157 Å². The second-order valence-electron chi connectivity index (χ2n) is 9.76. The largest absolute Gasteiger partial charge is 0.303 e. The van der Waals surface area contributed by atoms with Gasteiger partial charge >= 0.3 is 0 Å². The molecule has 0 aromatic rings. The van der Waals surface area contributed by atoms with Crippen LogP contribution in [0.2, 0.25) is 0 Å². The zero-order valence-corrected chi connectivity index (χ0v) is 17.2. The van der Waals surface area contributed by atoms with Crippen molar-refractivity contribution in [2.45, 2.75) is 117 Å². The van der Waals surface area contributed by atoms with Gasteiger partial charge in [-0.15, -0.1) is 0 Å². The summed E-state index contributed by atoms with van der Waals surface area (Å²) in [6.07, 6.45) is 23.6. The molecule has 2 rings (SSSR count). The first-order valence-electron chi connectivity index (χ1n) is 11.6. The van der Waals surface area contributed by atoms with E-state index in [4.69, 9.17) is 0 Å². The van der Waals surface area contributed by atoms with Gasteiger partial charge in [0, 0.05) is 5.92 Å². The van der Waals surface area contributed by atoms with Crippen LogP contribution in [-0.4, -0.2) is 6.29 Å². The monoisotopic (exact) mass is 348 g/mol. The number of hydrogen-bond donors (Lipinski definition) is 0. The molecule has 0 radical (unpaired) electrons. The van der Waals surface area contributed by atoms with Crippen LogP contribution in [0.4, 0.5) is 0 Å². The smallest absolute Gasteiger partial charge is 0.123 e. The molecule has 0 saturated heterocycles. The third kappa shape index (κ3) is 8.74. The molecule has 146 valence electrons. The molecule has 0 N–H and O–H groups in total. The van der Waals surface area contributed by atoms with E-state index in [2.05, 4.69) is 13.8 Å². The van der Waals surface area contributed by atoms with Gasteiger partial charge in [-0.05, 0) is 55.8 Å². The molecule has 4 unspecified atom stereocenters. The van der Waals surface area contributed by atoms with Crippen LogP contribution >= 0.6 is 0 Å². The highest BCUT2D eigenvalue weighted by Crippen LogP contribution is 2.35. The summed E-state index contributed by atoms with van der Waals surface area (Å²) in [4.78, 5) is 10.9. The molecule has 0 bridgehead atoms. The van der Waals surface area contributed by atoms with Gasteiger partial charge in [0.15, 0.2) is 0 Å². The van der Waals surface area contributed by atoms with Gasteiger partial charge < -0.3 is 4.79 Å². The zero-order chi connectivity index (χ0) is 17.9. The summed E-state index contributed by atoms with van der Waals surface area (Å²) in [5.74, 6) is 4.21. The Morgan fingerprint density at radius 3 is 1.84 bits per heavy atom. The molecule has 2 aliphatic rings. The molecule has 25 heavy (non-hydrogen) atoms. The van der Waals surface area contributed by atoms with E-state index in [0.717, 1.165) is 30.1 Å². The molecule has 0 heterocycles. The number of carbonyl (C=O) groups excluding carboxylic acids is 1. The van der Waals surface area contributed by atoms with Crippen molar-refractivity contribution >= 4 is 6.29 Å². The predicted octanol–water partition coefficient (Wildman–Crippen LogP) is 7.57. The minimum absolute atomic E-state index is 0.383. The highest BCUT2D eigenvalue weighted by molar-refractivity contribution is 5.53. The van der Waals surface area contributed by atoms with Gasteiger partial charge in [0.2, 0.25) is 0 Å². The quantitative estimate of drug-likeness (QED) is 0.278. The maximum atomic E-state index is 10.9. The summed E-state index contributed by atoms with van der Waals surface area (Å²) in [5, 5.41) is 0. The standard InChI is InChI=1S/C24H44O/c1-20-15-21(2)17-23(16-20)12-9-7-5-3-4-6-8-11-22-13-10-14-24(18-22)19-25/h19-24H,3-18H2,1-2H3. The van der Waals surface area contributed by atoms with Gasteiger partial charge in [-0.1, -0.05) is 84.5 Å². The van der Waals surface area contributed by atoms with Crippen molar-refractivity contribution in [3.8, 4) is 0 Å². The molecule has 0 spiro atoms. The van der Waals surface area contributed by atoms with E-state index in [1.54, 1.807) is 0 Å². The fraction of sp³-hybridized carbons (Fsp3) is 0.958. The Morgan fingerprint density at radius 2 is 1.24 bits per heavy atom. The van der Waals surface area contributed by atoms with E-state index in [-0.39, 0.29) is 0 Å². The van der Waals surface area contributed by atoms with E-state index in [9.17, 15) is 4.79 Å². The Morgan fingerprint density at radius 1 is 0.680 bits per heavy atom. The third-order valence-corrected chi connectivity index (χ3v) is 7.02. The minimum atomic E-state index is 0.383. The Kier molecular flexibility index (Phi) is 10.2. The van der Waals surface area contributed by atoms with Gasteiger partial charge in [0.1, 0.15) is 6.29 Å². The van der Waals surface area contributed by atoms with E-state index < -0.39 is 0 Å². The van der Waals surface area contributed by atoms with Crippen molar-refractivity contribution in [2.75, 3.05) is 0 Å². The molecule has 2 aliphatic carbocycles. The molecule has 2 fully saturated rings. The number of carbonyl (C=O) groups is 1. The lowest BCUT2D eigenvalue weighted by Gasteiger charge is -2.31. The van der Waals surface area contributed by atoms with E-state index in [0.29, 0.717) is 5.92 Å². The molecule has 0 aromatic carbocycles. The summed E-state index contributed by atoms with van der Waals surface area (Å²) < 4.78 is 0. The van der Waals surface area contributed by atoms with E-state index in [1.807, 2.05) is 0 Å². The molecule has 2 saturated carbocycles. The highest BCUT2D eigenvalue weighted by Gasteiger charge is 2.23. The minimum Gasteiger partial charge on any atom is -0.303 e. The molecule has 1 heteroatoms. The fourth-order valence-electron chi connectivity index (χ4n) is 5.82. The first kappa shape index (κ1) is 21.0. The van der Waals surface area contributed by atoms with E-state index >= 15 is 0 Å². The second kappa shape index (κ2) is 12.1. The van der Waals surface area contributed by atoms with Crippen LogP contribution in [0.5, 0.6) is 0 Å². The van der Waals surface area contributed by atoms with Crippen LogP contribution in [0.1, 0.15) is 117 Å². The normalized spacial score (nSPS) is 33.3. The lowest BCUT2D eigenvalue weighted by atomic mass is 9.75. The second-order valence-corrected chi connectivity index (χ2v) is 9.76. The van der Waals surface area contributed by atoms with Crippen LogP contribution < -0.4 is 0 Å². The van der Waals surface area contributed by atoms with Gasteiger partial charge in [-0.3, -0.25) is 0 Å².